The summed E-state index contributed by atoms with van der Waals surface area (Å²) >= 11 is 1.14. The SMILES string of the molecule is CNc1nc(C(N)=O)c(NC(=O)c2ccc(OC)c(C)c2)s1. The molecule has 0 radical (unpaired) electrons. The van der Waals surface area contributed by atoms with Crippen LogP contribution in [0.15, 0.2) is 18.2 Å². The molecule has 2 rings (SSSR count). The van der Waals surface area contributed by atoms with Crippen molar-refractivity contribution < 1.29 is 14.3 Å². The Labute approximate surface area is 131 Å². The number of aryl methyl sites for hydroxylation is 1. The highest BCUT2D eigenvalue weighted by molar-refractivity contribution is 7.20. The number of methoxy groups -OCH3 is 1. The predicted molar refractivity (Wildman–Crippen MR) is 85.9 cm³/mol. The molecular weight excluding hydrogens is 304 g/mol. The lowest BCUT2D eigenvalue weighted by Crippen LogP contribution is -2.17. The zero-order valence-electron chi connectivity index (χ0n) is 12.4. The van der Waals surface area contributed by atoms with Gasteiger partial charge in [-0.25, -0.2) is 4.98 Å². The van der Waals surface area contributed by atoms with Crippen molar-refractivity contribution in [2.24, 2.45) is 5.73 Å². The Morgan fingerprint density at radius 2 is 2.09 bits per heavy atom. The molecule has 0 unspecified atom stereocenters. The number of nitrogens with two attached hydrogens (primary N) is 1. The molecule has 0 aliphatic carbocycles. The van der Waals surface area contributed by atoms with Gasteiger partial charge in [0.05, 0.1) is 7.11 Å². The number of hydrogen-bond acceptors (Lipinski definition) is 6. The Kier molecular flexibility index (Phi) is 4.62. The Bertz CT molecular complexity index is 727. The van der Waals surface area contributed by atoms with E-state index >= 15 is 0 Å². The molecule has 0 atom stereocenters. The molecule has 0 saturated carbocycles. The summed E-state index contributed by atoms with van der Waals surface area (Å²) in [6.07, 6.45) is 0. The number of aromatic nitrogens is 1. The molecule has 116 valence electrons. The number of nitrogens with zero attached hydrogens (tertiary/aromatic N) is 1. The number of primary amides is 1. The van der Waals surface area contributed by atoms with Crippen LogP contribution in [-0.4, -0.2) is 31.0 Å². The zero-order chi connectivity index (χ0) is 16.3. The third-order valence-electron chi connectivity index (χ3n) is 2.96. The summed E-state index contributed by atoms with van der Waals surface area (Å²) in [6, 6.07) is 5.06. The lowest BCUT2D eigenvalue weighted by molar-refractivity contribution is 0.0997. The minimum Gasteiger partial charge on any atom is -0.496 e. The number of carbonyl (C=O) groups excluding carboxylic acids is 2. The van der Waals surface area contributed by atoms with Crippen LogP contribution in [0.1, 0.15) is 26.4 Å². The fraction of sp³-hybridized carbons (Fsp3) is 0.214. The van der Waals surface area contributed by atoms with Gasteiger partial charge in [0.2, 0.25) is 0 Å². The van der Waals surface area contributed by atoms with Crippen molar-refractivity contribution in [3.8, 4) is 5.75 Å². The van der Waals surface area contributed by atoms with Crippen LogP contribution in [-0.2, 0) is 0 Å². The van der Waals surface area contributed by atoms with E-state index in [9.17, 15) is 9.59 Å². The molecule has 0 saturated heterocycles. The number of amides is 2. The van der Waals surface area contributed by atoms with Crippen molar-refractivity contribution in [2.45, 2.75) is 6.92 Å². The molecule has 7 nitrogen and oxygen atoms in total. The number of hydrogen-bond donors (Lipinski definition) is 3. The Morgan fingerprint density at radius 1 is 1.36 bits per heavy atom. The van der Waals surface area contributed by atoms with Gasteiger partial charge in [-0.1, -0.05) is 11.3 Å². The van der Waals surface area contributed by atoms with Gasteiger partial charge in [0, 0.05) is 12.6 Å². The van der Waals surface area contributed by atoms with Crippen LogP contribution in [0, 0.1) is 6.92 Å². The Balaban J connectivity index is 2.27. The second-order valence-corrected chi connectivity index (χ2v) is 5.45. The van der Waals surface area contributed by atoms with E-state index in [1.165, 1.54) is 0 Å². The average molecular weight is 320 g/mol. The lowest BCUT2D eigenvalue weighted by atomic mass is 10.1. The van der Waals surface area contributed by atoms with E-state index < -0.39 is 5.91 Å². The van der Waals surface area contributed by atoms with Crippen LogP contribution in [0.25, 0.3) is 0 Å². The molecule has 0 bridgehead atoms. The maximum absolute atomic E-state index is 12.3. The first-order valence-electron chi connectivity index (χ1n) is 6.40. The van der Waals surface area contributed by atoms with Gasteiger partial charge >= 0.3 is 0 Å². The molecule has 1 aromatic heterocycles. The number of thiazole rings is 1. The number of benzene rings is 1. The normalized spacial score (nSPS) is 10.1. The van der Waals surface area contributed by atoms with Crippen LogP contribution in [0.2, 0.25) is 0 Å². The van der Waals surface area contributed by atoms with Gasteiger partial charge < -0.3 is 21.1 Å². The van der Waals surface area contributed by atoms with E-state index in [2.05, 4.69) is 15.6 Å². The van der Waals surface area contributed by atoms with Crippen LogP contribution < -0.4 is 21.1 Å². The highest BCUT2D eigenvalue weighted by Gasteiger charge is 2.18. The molecule has 22 heavy (non-hydrogen) atoms. The monoisotopic (exact) mass is 320 g/mol. The molecule has 1 heterocycles. The molecule has 2 amide bonds. The van der Waals surface area contributed by atoms with Crippen molar-refractivity contribution in [3.05, 3.63) is 35.0 Å². The molecule has 1 aromatic carbocycles. The maximum Gasteiger partial charge on any atom is 0.270 e. The van der Waals surface area contributed by atoms with E-state index in [0.29, 0.717) is 21.4 Å². The first-order chi connectivity index (χ1) is 10.5. The van der Waals surface area contributed by atoms with E-state index in [4.69, 9.17) is 10.5 Å². The second kappa shape index (κ2) is 6.44. The first-order valence-corrected chi connectivity index (χ1v) is 7.22. The minimum atomic E-state index is -0.695. The molecule has 8 heteroatoms. The van der Waals surface area contributed by atoms with E-state index in [1.54, 1.807) is 32.4 Å². The topological polar surface area (TPSA) is 106 Å². The van der Waals surface area contributed by atoms with E-state index in [0.717, 1.165) is 16.9 Å². The highest BCUT2D eigenvalue weighted by atomic mass is 32.1. The van der Waals surface area contributed by atoms with Gasteiger partial charge in [-0.2, -0.15) is 0 Å². The van der Waals surface area contributed by atoms with Gasteiger partial charge in [-0.3, -0.25) is 9.59 Å². The van der Waals surface area contributed by atoms with E-state index in [-0.39, 0.29) is 11.6 Å². The summed E-state index contributed by atoms with van der Waals surface area (Å²) in [5.41, 5.74) is 6.59. The van der Waals surface area contributed by atoms with Crippen molar-refractivity contribution >= 4 is 33.3 Å². The Hall–Kier alpha value is -2.61. The quantitative estimate of drug-likeness (QED) is 0.779. The first kappa shape index (κ1) is 15.8. The smallest absolute Gasteiger partial charge is 0.270 e. The standard InChI is InChI=1S/C14H16N4O3S/c1-7-6-8(4-5-9(7)21-3)12(20)18-13-10(11(15)19)17-14(16-2)22-13/h4-6H,1-3H3,(H2,15,19)(H,16,17)(H,18,20). The van der Waals surface area contributed by atoms with Gasteiger partial charge in [-0.15, -0.1) is 0 Å². The summed E-state index contributed by atoms with van der Waals surface area (Å²) < 4.78 is 5.16. The summed E-state index contributed by atoms with van der Waals surface area (Å²) in [4.78, 5) is 27.7. The second-order valence-electron chi connectivity index (χ2n) is 4.45. The predicted octanol–water partition coefficient (Wildman–Crippen LogP) is 1.85. The summed E-state index contributed by atoms with van der Waals surface area (Å²) in [5.74, 6) is -0.344. The number of carbonyl (C=O) groups is 2. The number of nitrogens with one attached hydrogen (secondary N) is 2. The van der Waals surface area contributed by atoms with Crippen molar-refractivity contribution in [1.82, 2.24) is 4.98 Å². The van der Waals surface area contributed by atoms with Gasteiger partial charge in [-0.05, 0) is 30.7 Å². The van der Waals surface area contributed by atoms with Crippen molar-refractivity contribution in [3.63, 3.8) is 0 Å². The molecule has 0 aliphatic rings. The van der Waals surface area contributed by atoms with Gasteiger partial charge in [0.25, 0.3) is 11.8 Å². The largest absolute Gasteiger partial charge is 0.496 e. The van der Waals surface area contributed by atoms with Crippen LogP contribution in [0.4, 0.5) is 10.1 Å². The molecule has 4 N–H and O–H groups in total. The summed E-state index contributed by atoms with van der Waals surface area (Å²) in [5, 5.41) is 6.29. The number of ether oxygens (including phenoxy) is 1. The Morgan fingerprint density at radius 3 is 2.64 bits per heavy atom. The van der Waals surface area contributed by atoms with Crippen molar-refractivity contribution in [1.29, 1.82) is 0 Å². The maximum atomic E-state index is 12.3. The van der Waals surface area contributed by atoms with Crippen molar-refractivity contribution in [2.75, 3.05) is 24.8 Å². The fourth-order valence-electron chi connectivity index (χ4n) is 1.87. The molecule has 0 spiro atoms. The van der Waals surface area contributed by atoms with Gasteiger partial charge in [0.15, 0.2) is 10.8 Å². The molecular formula is C14H16N4O3S. The van der Waals surface area contributed by atoms with Crippen LogP contribution in [0.3, 0.4) is 0 Å². The molecule has 0 aliphatic heterocycles. The van der Waals surface area contributed by atoms with Crippen LogP contribution in [0.5, 0.6) is 5.75 Å². The minimum absolute atomic E-state index is 0.0351. The zero-order valence-corrected chi connectivity index (χ0v) is 13.2. The summed E-state index contributed by atoms with van der Waals surface area (Å²) in [7, 11) is 3.24. The van der Waals surface area contributed by atoms with Gasteiger partial charge in [0.1, 0.15) is 10.8 Å². The molecule has 0 fully saturated rings. The van der Waals surface area contributed by atoms with E-state index in [1.807, 2.05) is 6.92 Å². The van der Waals surface area contributed by atoms with Crippen LogP contribution >= 0.6 is 11.3 Å². The lowest BCUT2D eigenvalue weighted by Gasteiger charge is -2.07. The highest BCUT2D eigenvalue weighted by Crippen LogP contribution is 2.28. The molecule has 2 aromatic rings. The third kappa shape index (κ3) is 3.17. The average Bonchev–Trinajstić information content (AvgIpc) is 2.90. The number of rotatable bonds is 5. The number of anilines is 2. The fourth-order valence-corrected chi connectivity index (χ4v) is 2.69. The third-order valence-corrected chi connectivity index (χ3v) is 3.95. The summed E-state index contributed by atoms with van der Waals surface area (Å²) in [6.45, 7) is 1.84.